The molecule has 0 aliphatic rings. The molecule has 31 heavy (non-hydrogen) atoms. The maximum atomic E-state index is 13.1. The predicted octanol–water partition coefficient (Wildman–Crippen LogP) is 6.31. The van der Waals surface area contributed by atoms with E-state index in [0.717, 1.165) is 33.5 Å². The van der Waals surface area contributed by atoms with Gasteiger partial charge in [-0.15, -0.1) is 11.8 Å². The Balaban J connectivity index is 2.00. The molecule has 2 rings (SSSR count). The van der Waals surface area contributed by atoms with Crippen molar-refractivity contribution in [1.82, 2.24) is 10.2 Å². The van der Waals surface area contributed by atoms with Crippen LogP contribution in [0.1, 0.15) is 45.6 Å². The van der Waals surface area contributed by atoms with Crippen LogP contribution in [0.4, 0.5) is 0 Å². The summed E-state index contributed by atoms with van der Waals surface area (Å²) in [5.74, 6) is 0.697. The number of carbonyl (C=O) groups excluding carboxylic acids is 2. The lowest BCUT2D eigenvalue weighted by Crippen LogP contribution is -2.49. The monoisotopic (exact) mass is 524 g/mol. The van der Waals surface area contributed by atoms with E-state index < -0.39 is 6.04 Å². The number of nitrogens with zero attached hydrogens (tertiary/aromatic N) is 1. The molecule has 0 saturated carbocycles. The number of hydrogen-bond acceptors (Lipinski definition) is 3. The summed E-state index contributed by atoms with van der Waals surface area (Å²) in [6.45, 7) is 6.20. The van der Waals surface area contributed by atoms with E-state index in [9.17, 15) is 9.59 Å². The molecule has 0 unspecified atom stereocenters. The van der Waals surface area contributed by atoms with E-state index in [-0.39, 0.29) is 17.9 Å². The number of halogens is 2. The van der Waals surface area contributed by atoms with E-state index in [2.05, 4.69) is 21.2 Å². The Kier molecular flexibility index (Phi) is 10.9. The first-order valence-electron chi connectivity index (χ1n) is 10.5. The molecule has 0 aromatic heterocycles. The Morgan fingerprint density at radius 2 is 1.87 bits per heavy atom. The summed E-state index contributed by atoms with van der Waals surface area (Å²) in [5, 5.41) is 3.71. The van der Waals surface area contributed by atoms with E-state index in [1.54, 1.807) is 23.6 Å². The van der Waals surface area contributed by atoms with Gasteiger partial charge in [0, 0.05) is 33.4 Å². The van der Waals surface area contributed by atoms with Gasteiger partial charge in [-0.25, -0.2) is 0 Å². The smallest absolute Gasteiger partial charge is 0.242 e. The number of benzene rings is 2. The summed E-state index contributed by atoms with van der Waals surface area (Å²) in [6.07, 6.45) is 1.98. The lowest BCUT2D eigenvalue weighted by atomic mass is 10.1. The van der Waals surface area contributed by atoms with Crippen molar-refractivity contribution in [2.24, 2.45) is 0 Å². The van der Waals surface area contributed by atoms with Crippen LogP contribution in [0.15, 0.2) is 57.9 Å². The zero-order valence-electron chi connectivity index (χ0n) is 18.2. The van der Waals surface area contributed by atoms with Gasteiger partial charge in [0.25, 0.3) is 0 Å². The van der Waals surface area contributed by atoms with Gasteiger partial charge >= 0.3 is 0 Å². The molecular weight excluding hydrogens is 496 g/mol. The Hall–Kier alpha value is -1.50. The predicted molar refractivity (Wildman–Crippen MR) is 133 cm³/mol. The molecule has 0 spiro atoms. The Morgan fingerprint density at radius 3 is 2.52 bits per heavy atom. The number of thioether (sulfide) groups is 1. The molecule has 0 aliphatic carbocycles. The molecule has 2 aromatic rings. The number of nitrogens with one attached hydrogen (secondary N) is 1. The molecule has 7 heteroatoms. The third-order valence-electron chi connectivity index (χ3n) is 5.03. The van der Waals surface area contributed by atoms with Crippen LogP contribution >= 0.6 is 39.3 Å². The van der Waals surface area contributed by atoms with E-state index in [1.807, 2.05) is 62.4 Å². The van der Waals surface area contributed by atoms with Gasteiger partial charge in [-0.05, 0) is 74.4 Å². The molecular formula is C24H30BrClN2O2S. The summed E-state index contributed by atoms with van der Waals surface area (Å²) in [5.41, 5.74) is 0.987. The van der Waals surface area contributed by atoms with Crippen LogP contribution in [0.25, 0.3) is 0 Å². The van der Waals surface area contributed by atoms with Gasteiger partial charge < -0.3 is 10.2 Å². The van der Waals surface area contributed by atoms with E-state index >= 15 is 0 Å². The fourth-order valence-corrected chi connectivity index (χ4v) is 4.39. The van der Waals surface area contributed by atoms with Crippen LogP contribution in [0.2, 0.25) is 5.02 Å². The van der Waals surface area contributed by atoms with Crippen molar-refractivity contribution in [3.05, 3.63) is 63.6 Å². The maximum Gasteiger partial charge on any atom is 0.242 e. The molecule has 0 saturated heterocycles. The van der Waals surface area contributed by atoms with Gasteiger partial charge in [0.15, 0.2) is 0 Å². The van der Waals surface area contributed by atoms with Crippen LogP contribution in [-0.4, -0.2) is 34.6 Å². The average Bonchev–Trinajstić information content (AvgIpc) is 2.75. The molecule has 0 radical (unpaired) electrons. The van der Waals surface area contributed by atoms with Crippen molar-refractivity contribution in [2.45, 2.75) is 63.6 Å². The normalized spacial score (nSPS) is 12.8. The first-order chi connectivity index (χ1) is 14.8. The first kappa shape index (κ1) is 25.8. The van der Waals surface area contributed by atoms with Crippen molar-refractivity contribution in [2.75, 3.05) is 5.75 Å². The molecule has 2 atom stereocenters. The zero-order valence-corrected chi connectivity index (χ0v) is 21.4. The van der Waals surface area contributed by atoms with Crippen molar-refractivity contribution in [3.8, 4) is 0 Å². The van der Waals surface area contributed by atoms with Crippen molar-refractivity contribution >= 4 is 51.1 Å². The van der Waals surface area contributed by atoms with Crippen LogP contribution < -0.4 is 5.32 Å². The summed E-state index contributed by atoms with van der Waals surface area (Å²) in [4.78, 5) is 28.6. The molecule has 168 valence electrons. The quantitative estimate of drug-likeness (QED) is 0.276. The van der Waals surface area contributed by atoms with E-state index in [1.165, 1.54) is 0 Å². The maximum absolute atomic E-state index is 13.1. The first-order valence-corrected chi connectivity index (χ1v) is 12.7. The SMILES string of the molecule is CC[C@@H](C)NC(=O)[C@@H](C)N(Cc1cccc(Br)c1)C(=O)CCCSc1ccc(Cl)cc1. The highest BCUT2D eigenvalue weighted by Crippen LogP contribution is 2.22. The van der Waals surface area contributed by atoms with Crippen molar-refractivity contribution in [3.63, 3.8) is 0 Å². The standard InChI is InChI=1S/C24H30BrClN2O2S/c1-4-17(2)27-24(30)18(3)28(16-19-7-5-8-20(25)15-19)23(29)9-6-14-31-22-12-10-21(26)11-13-22/h5,7-8,10-13,15,17-18H,4,6,9,14,16H2,1-3H3,(H,27,30)/t17-,18-/m1/s1. The molecule has 0 heterocycles. The fraction of sp³-hybridized carbons (Fsp3) is 0.417. The van der Waals surface area contributed by atoms with Gasteiger partial charge in [0.05, 0.1) is 0 Å². The highest BCUT2D eigenvalue weighted by Gasteiger charge is 2.26. The van der Waals surface area contributed by atoms with Gasteiger partial charge in [-0.1, -0.05) is 46.6 Å². The second kappa shape index (κ2) is 13.1. The number of carbonyl (C=O) groups is 2. The largest absolute Gasteiger partial charge is 0.352 e. The molecule has 0 fully saturated rings. The third kappa shape index (κ3) is 8.87. The van der Waals surface area contributed by atoms with Crippen LogP contribution in [0, 0.1) is 0 Å². The van der Waals surface area contributed by atoms with Crippen molar-refractivity contribution in [1.29, 1.82) is 0 Å². The average molecular weight is 526 g/mol. The minimum atomic E-state index is -0.538. The Morgan fingerprint density at radius 1 is 1.16 bits per heavy atom. The number of rotatable bonds is 11. The molecule has 2 aromatic carbocycles. The van der Waals surface area contributed by atoms with E-state index in [0.29, 0.717) is 18.0 Å². The fourth-order valence-electron chi connectivity index (χ4n) is 2.97. The Bertz CT molecular complexity index is 863. The van der Waals surface area contributed by atoms with E-state index in [4.69, 9.17) is 11.6 Å². The summed E-state index contributed by atoms with van der Waals surface area (Å²) < 4.78 is 0.952. The molecule has 4 nitrogen and oxygen atoms in total. The molecule has 1 N–H and O–H groups in total. The highest BCUT2D eigenvalue weighted by molar-refractivity contribution is 9.10. The summed E-state index contributed by atoms with van der Waals surface area (Å²) in [6, 6.07) is 15.1. The third-order valence-corrected chi connectivity index (χ3v) is 6.87. The second-order valence-corrected chi connectivity index (χ2v) is 10.1. The van der Waals surface area contributed by atoms with Gasteiger partial charge in [-0.2, -0.15) is 0 Å². The van der Waals surface area contributed by atoms with Crippen molar-refractivity contribution < 1.29 is 9.59 Å². The van der Waals surface area contributed by atoms with Gasteiger partial charge in [-0.3, -0.25) is 9.59 Å². The Labute approximate surface area is 203 Å². The molecule has 2 amide bonds. The van der Waals surface area contributed by atoms with Gasteiger partial charge in [0.1, 0.15) is 6.04 Å². The molecule has 0 bridgehead atoms. The lowest BCUT2D eigenvalue weighted by molar-refractivity contribution is -0.140. The van der Waals surface area contributed by atoms with Crippen LogP contribution in [0.3, 0.4) is 0 Å². The van der Waals surface area contributed by atoms with Crippen LogP contribution in [0.5, 0.6) is 0 Å². The minimum absolute atomic E-state index is 0.0107. The summed E-state index contributed by atoms with van der Waals surface area (Å²) >= 11 is 11.1. The summed E-state index contributed by atoms with van der Waals surface area (Å²) in [7, 11) is 0. The second-order valence-electron chi connectivity index (χ2n) is 7.55. The van der Waals surface area contributed by atoms with Gasteiger partial charge in [0.2, 0.25) is 11.8 Å². The molecule has 0 aliphatic heterocycles. The number of amides is 2. The topological polar surface area (TPSA) is 49.4 Å². The number of hydrogen-bond donors (Lipinski definition) is 1. The lowest BCUT2D eigenvalue weighted by Gasteiger charge is -2.30. The highest BCUT2D eigenvalue weighted by atomic mass is 79.9. The minimum Gasteiger partial charge on any atom is -0.352 e. The van der Waals surface area contributed by atoms with Crippen LogP contribution in [-0.2, 0) is 16.1 Å². The zero-order chi connectivity index (χ0) is 22.8.